The number of halogens is 1. The van der Waals surface area contributed by atoms with Crippen LogP contribution in [0.3, 0.4) is 0 Å². The first-order valence-corrected chi connectivity index (χ1v) is 11.6. The molecule has 1 N–H and O–H groups in total. The minimum atomic E-state index is -0.241. The molecule has 5 heteroatoms. The summed E-state index contributed by atoms with van der Waals surface area (Å²) < 4.78 is 13.1. The molecule has 1 aliphatic carbocycles. The Hall–Kier alpha value is -2.79. The lowest BCUT2D eigenvalue weighted by molar-refractivity contribution is 0.0738. The van der Waals surface area contributed by atoms with Gasteiger partial charge in [0.2, 0.25) is 0 Å². The number of rotatable bonds is 7. The Labute approximate surface area is 187 Å². The number of anilines is 1. The van der Waals surface area contributed by atoms with Crippen LogP contribution in [0.1, 0.15) is 35.2 Å². The molecule has 3 aromatic rings. The van der Waals surface area contributed by atoms with Crippen molar-refractivity contribution in [2.45, 2.75) is 42.0 Å². The first-order chi connectivity index (χ1) is 15.1. The van der Waals surface area contributed by atoms with Gasteiger partial charge in [0.05, 0.1) is 0 Å². The average Bonchev–Trinajstić information content (AvgIpc) is 3.26. The summed E-state index contributed by atoms with van der Waals surface area (Å²) in [7, 11) is 1.93. The SMILES string of the molecule is CN(C(=O)c1cccc(NCc2ccc(F)cc2)c1)C1CCCC1Sc1ccccc1. The number of hydrogen-bond donors (Lipinski definition) is 1. The number of carbonyl (C=O) groups is 1. The Kier molecular flexibility index (Phi) is 6.92. The topological polar surface area (TPSA) is 32.3 Å². The van der Waals surface area contributed by atoms with Gasteiger partial charge in [-0.25, -0.2) is 4.39 Å². The molecule has 0 radical (unpaired) electrons. The average molecular weight is 435 g/mol. The molecule has 4 rings (SSSR count). The lowest BCUT2D eigenvalue weighted by Crippen LogP contribution is -2.40. The van der Waals surface area contributed by atoms with E-state index in [2.05, 4.69) is 29.6 Å². The summed E-state index contributed by atoms with van der Waals surface area (Å²) in [6, 6.07) is 24.7. The molecule has 0 bridgehead atoms. The number of hydrogen-bond acceptors (Lipinski definition) is 3. The van der Waals surface area contributed by atoms with Crippen LogP contribution in [0.25, 0.3) is 0 Å². The molecule has 1 amide bonds. The molecule has 2 unspecified atom stereocenters. The van der Waals surface area contributed by atoms with Crippen LogP contribution < -0.4 is 5.32 Å². The van der Waals surface area contributed by atoms with Crippen LogP contribution in [0.5, 0.6) is 0 Å². The van der Waals surface area contributed by atoms with Gasteiger partial charge in [-0.3, -0.25) is 4.79 Å². The summed E-state index contributed by atoms with van der Waals surface area (Å²) in [6.07, 6.45) is 3.31. The molecular formula is C26H27FN2OS. The molecule has 31 heavy (non-hydrogen) atoms. The maximum absolute atomic E-state index is 13.2. The van der Waals surface area contributed by atoms with Crippen LogP contribution in [0, 0.1) is 5.82 Å². The van der Waals surface area contributed by atoms with Crippen LogP contribution >= 0.6 is 11.8 Å². The van der Waals surface area contributed by atoms with Crippen molar-refractivity contribution in [1.82, 2.24) is 4.90 Å². The zero-order valence-electron chi connectivity index (χ0n) is 17.6. The van der Waals surface area contributed by atoms with Crippen molar-refractivity contribution in [3.8, 4) is 0 Å². The van der Waals surface area contributed by atoms with E-state index in [1.54, 1.807) is 12.1 Å². The molecule has 3 aromatic carbocycles. The summed E-state index contributed by atoms with van der Waals surface area (Å²) in [5.41, 5.74) is 2.55. The summed E-state index contributed by atoms with van der Waals surface area (Å²) in [4.78, 5) is 16.4. The molecular weight excluding hydrogens is 407 g/mol. The van der Waals surface area contributed by atoms with E-state index in [-0.39, 0.29) is 17.8 Å². The van der Waals surface area contributed by atoms with Gasteiger partial charge in [0.25, 0.3) is 5.91 Å². The van der Waals surface area contributed by atoms with E-state index in [0.29, 0.717) is 17.4 Å². The van der Waals surface area contributed by atoms with Crippen LogP contribution in [0.15, 0.2) is 83.8 Å². The van der Waals surface area contributed by atoms with E-state index in [9.17, 15) is 9.18 Å². The van der Waals surface area contributed by atoms with Gasteiger partial charge in [0.1, 0.15) is 5.82 Å². The van der Waals surface area contributed by atoms with Gasteiger partial charge in [0.15, 0.2) is 0 Å². The highest BCUT2D eigenvalue weighted by Crippen LogP contribution is 2.37. The largest absolute Gasteiger partial charge is 0.381 e. The van der Waals surface area contributed by atoms with E-state index in [4.69, 9.17) is 0 Å². The van der Waals surface area contributed by atoms with Crippen LogP contribution in [-0.4, -0.2) is 29.1 Å². The Balaban J connectivity index is 1.41. The highest BCUT2D eigenvalue weighted by molar-refractivity contribution is 8.00. The molecule has 1 saturated carbocycles. The maximum atomic E-state index is 13.2. The molecule has 160 valence electrons. The maximum Gasteiger partial charge on any atom is 0.253 e. The van der Waals surface area contributed by atoms with E-state index in [1.165, 1.54) is 17.0 Å². The quantitative estimate of drug-likeness (QED) is 0.479. The number of benzene rings is 3. The summed E-state index contributed by atoms with van der Waals surface area (Å²) in [6.45, 7) is 0.576. The molecule has 0 aliphatic heterocycles. The number of nitrogens with one attached hydrogen (secondary N) is 1. The van der Waals surface area contributed by atoms with E-state index < -0.39 is 0 Å². The van der Waals surface area contributed by atoms with E-state index >= 15 is 0 Å². The standard InChI is InChI=1S/C26H27FN2OS/c1-29(24-11-6-12-25(24)31-23-9-3-2-4-10-23)26(30)20-7-5-8-22(17-20)28-18-19-13-15-21(27)16-14-19/h2-5,7-10,13-17,24-25,28H,6,11-12,18H2,1H3. The fraction of sp³-hybridized carbons (Fsp3) is 0.269. The summed E-state index contributed by atoms with van der Waals surface area (Å²) in [5, 5.41) is 3.74. The highest BCUT2D eigenvalue weighted by atomic mass is 32.2. The van der Waals surface area contributed by atoms with Crippen molar-refractivity contribution in [3.05, 3.63) is 95.8 Å². The van der Waals surface area contributed by atoms with Crippen LogP contribution in [-0.2, 0) is 6.54 Å². The Bertz CT molecular complexity index is 1010. The van der Waals surface area contributed by atoms with Gasteiger partial charge >= 0.3 is 0 Å². The van der Waals surface area contributed by atoms with Gasteiger partial charge in [-0.1, -0.05) is 42.8 Å². The first-order valence-electron chi connectivity index (χ1n) is 10.7. The Morgan fingerprint density at radius 2 is 1.81 bits per heavy atom. The third kappa shape index (κ3) is 5.47. The zero-order valence-corrected chi connectivity index (χ0v) is 18.4. The molecule has 2 atom stereocenters. The van der Waals surface area contributed by atoms with Gasteiger partial charge in [-0.15, -0.1) is 11.8 Å². The van der Waals surface area contributed by atoms with E-state index in [1.807, 2.05) is 54.0 Å². The normalized spacial score (nSPS) is 18.0. The zero-order chi connectivity index (χ0) is 21.6. The number of nitrogens with zero attached hydrogens (tertiary/aromatic N) is 1. The fourth-order valence-corrected chi connectivity index (χ4v) is 5.51. The van der Waals surface area contributed by atoms with Crippen molar-refractivity contribution in [2.24, 2.45) is 0 Å². The Morgan fingerprint density at radius 3 is 2.58 bits per heavy atom. The fourth-order valence-electron chi connectivity index (χ4n) is 4.08. The number of carbonyl (C=O) groups excluding carboxylic acids is 1. The molecule has 0 aromatic heterocycles. The van der Waals surface area contributed by atoms with Gasteiger partial charge < -0.3 is 10.2 Å². The molecule has 3 nitrogen and oxygen atoms in total. The van der Waals surface area contributed by atoms with Crippen molar-refractivity contribution in [2.75, 3.05) is 12.4 Å². The lowest BCUT2D eigenvalue weighted by Gasteiger charge is -2.29. The van der Waals surface area contributed by atoms with Gasteiger partial charge in [0, 0.05) is 41.0 Å². The molecule has 0 saturated heterocycles. The van der Waals surface area contributed by atoms with E-state index in [0.717, 1.165) is 30.5 Å². The number of thioether (sulfide) groups is 1. The second-order valence-corrected chi connectivity index (χ2v) is 9.26. The minimum absolute atomic E-state index is 0.0518. The van der Waals surface area contributed by atoms with Crippen LogP contribution in [0.4, 0.5) is 10.1 Å². The monoisotopic (exact) mass is 434 g/mol. The summed E-state index contributed by atoms with van der Waals surface area (Å²) >= 11 is 1.88. The lowest BCUT2D eigenvalue weighted by atomic mass is 10.1. The minimum Gasteiger partial charge on any atom is -0.381 e. The first kappa shape index (κ1) is 21.4. The molecule has 1 aliphatic rings. The van der Waals surface area contributed by atoms with Gasteiger partial charge in [-0.05, 0) is 60.9 Å². The third-order valence-corrected chi connectivity index (χ3v) is 7.18. The predicted molar refractivity (Wildman–Crippen MR) is 126 cm³/mol. The van der Waals surface area contributed by atoms with Crippen LogP contribution in [0.2, 0.25) is 0 Å². The molecule has 1 fully saturated rings. The summed E-state index contributed by atoms with van der Waals surface area (Å²) in [5.74, 6) is -0.189. The molecule has 0 spiro atoms. The second kappa shape index (κ2) is 10.0. The molecule has 0 heterocycles. The van der Waals surface area contributed by atoms with Crippen molar-refractivity contribution in [3.63, 3.8) is 0 Å². The van der Waals surface area contributed by atoms with Crippen molar-refractivity contribution in [1.29, 1.82) is 0 Å². The second-order valence-electron chi connectivity index (χ2n) is 7.94. The highest BCUT2D eigenvalue weighted by Gasteiger charge is 2.33. The number of amides is 1. The predicted octanol–water partition coefficient (Wildman–Crippen LogP) is 6.22. The van der Waals surface area contributed by atoms with Gasteiger partial charge in [-0.2, -0.15) is 0 Å². The Morgan fingerprint density at radius 1 is 1.03 bits per heavy atom. The van der Waals surface area contributed by atoms with Crippen molar-refractivity contribution < 1.29 is 9.18 Å². The smallest absolute Gasteiger partial charge is 0.253 e. The third-order valence-electron chi connectivity index (χ3n) is 5.79. The van der Waals surface area contributed by atoms with Crippen molar-refractivity contribution >= 4 is 23.4 Å².